The lowest BCUT2D eigenvalue weighted by Crippen LogP contribution is -2.37. The maximum atomic E-state index is 12.0. The van der Waals surface area contributed by atoms with Crippen molar-refractivity contribution in [3.05, 3.63) is 46.2 Å². The number of nitrogens with zero attached hydrogens (tertiary/aromatic N) is 4. The molecule has 1 aliphatic rings. The van der Waals surface area contributed by atoms with Crippen LogP contribution < -0.4 is 10.5 Å². The van der Waals surface area contributed by atoms with Crippen LogP contribution in [0.5, 0.6) is 0 Å². The predicted octanol–water partition coefficient (Wildman–Crippen LogP) is 4.14. The SMILES string of the molecule is CC1(C)CCN(c2cnc(Sc3ccc4nc[nH]c(=O)c4c3Cl)cn2)CC1. The molecule has 8 heteroatoms. The molecule has 2 aromatic heterocycles. The summed E-state index contributed by atoms with van der Waals surface area (Å²) in [6.07, 6.45) is 7.25. The smallest absolute Gasteiger partial charge is 0.260 e. The van der Waals surface area contributed by atoms with Gasteiger partial charge in [-0.3, -0.25) is 4.79 Å². The monoisotopic (exact) mass is 401 g/mol. The van der Waals surface area contributed by atoms with Crippen molar-refractivity contribution in [2.24, 2.45) is 5.41 Å². The lowest BCUT2D eigenvalue weighted by atomic mass is 9.83. The number of hydrogen-bond donors (Lipinski definition) is 1. The molecule has 0 unspecified atom stereocenters. The van der Waals surface area contributed by atoms with E-state index in [1.165, 1.54) is 18.1 Å². The van der Waals surface area contributed by atoms with Gasteiger partial charge in [0.15, 0.2) is 0 Å². The maximum absolute atomic E-state index is 12.0. The Labute approximate surface area is 166 Å². The predicted molar refractivity (Wildman–Crippen MR) is 109 cm³/mol. The number of anilines is 1. The highest BCUT2D eigenvalue weighted by atomic mass is 35.5. The third-order valence-electron chi connectivity index (χ3n) is 4.98. The molecule has 0 aliphatic carbocycles. The Morgan fingerprint density at radius 2 is 1.93 bits per heavy atom. The number of nitrogens with one attached hydrogen (secondary N) is 1. The average molecular weight is 402 g/mol. The van der Waals surface area contributed by atoms with Crippen LogP contribution in [0.1, 0.15) is 26.7 Å². The Balaban J connectivity index is 1.54. The first-order valence-corrected chi connectivity index (χ1v) is 10.0. The van der Waals surface area contributed by atoms with Gasteiger partial charge in [0.2, 0.25) is 0 Å². The minimum Gasteiger partial charge on any atom is -0.355 e. The fourth-order valence-corrected chi connectivity index (χ4v) is 4.29. The number of hydrogen-bond acceptors (Lipinski definition) is 6. The topological polar surface area (TPSA) is 74.8 Å². The van der Waals surface area contributed by atoms with Gasteiger partial charge in [0, 0.05) is 18.0 Å². The molecule has 0 saturated carbocycles. The van der Waals surface area contributed by atoms with Crippen LogP contribution in [0.4, 0.5) is 5.82 Å². The molecule has 0 amide bonds. The molecule has 0 bridgehead atoms. The average Bonchev–Trinajstić information content (AvgIpc) is 2.65. The summed E-state index contributed by atoms with van der Waals surface area (Å²) in [5, 5.41) is 1.51. The van der Waals surface area contributed by atoms with E-state index >= 15 is 0 Å². The van der Waals surface area contributed by atoms with Crippen molar-refractivity contribution in [1.82, 2.24) is 19.9 Å². The number of aromatic amines is 1. The first-order chi connectivity index (χ1) is 12.9. The molecule has 0 spiro atoms. The van der Waals surface area contributed by atoms with Crippen molar-refractivity contribution in [3.8, 4) is 0 Å². The van der Waals surface area contributed by atoms with E-state index in [-0.39, 0.29) is 5.56 Å². The zero-order valence-corrected chi connectivity index (χ0v) is 16.8. The normalized spacial score (nSPS) is 16.6. The van der Waals surface area contributed by atoms with E-state index in [0.29, 0.717) is 21.3 Å². The van der Waals surface area contributed by atoms with Crippen LogP contribution in [-0.2, 0) is 0 Å². The van der Waals surface area contributed by atoms with Crippen molar-refractivity contribution in [2.45, 2.75) is 36.6 Å². The summed E-state index contributed by atoms with van der Waals surface area (Å²) < 4.78 is 0. The van der Waals surface area contributed by atoms with Crippen LogP contribution in [0.15, 0.2) is 45.6 Å². The molecule has 3 aromatic rings. The first-order valence-electron chi connectivity index (χ1n) is 8.84. The molecular formula is C19H20ClN5OS. The van der Waals surface area contributed by atoms with E-state index in [4.69, 9.17) is 11.6 Å². The highest BCUT2D eigenvalue weighted by Crippen LogP contribution is 2.36. The van der Waals surface area contributed by atoms with Crippen molar-refractivity contribution in [2.75, 3.05) is 18.0 Å². The lowest BCUT2D eigenvalue weighted by molar-refractivity contribution is 0.279. The summed E-state index contributed by atoms with van der Waals surface area (Å²) >= 11 is 7.83. The van der Waals surface area contributed by atoms with Gasteiger partial charge in [-0.25, -0.2) is 15.0 Å². The maximum Gasteiger partial charge on any atom is 0.260 e. The Morgan fingerprint density at radius 3 is 2.63 bits per heavy atom. The molecule has 1 aliphatic heterocycles. The van der Waals surface area contributed by atoms with Gasteiger partial charge in [-0.15, -0.1) is 0 Å². The third-order valence-corrected chi connectivity index (χ3v) is 6.47. The van der Waals surface area contributed by atoms with E-state index in [0.717, 1.165) is 41.7 Å². The fraction of sp³-hybridized carbons (Fsp3) is 0.368. The Morgan fingerprint density at radius 1 is 1.15 bits per heavy atom. The number of aromatic nitrogens is 4. The quantitative estimate of drug-likeness (QED) is 0.710. The summed E-state index contributed by atoms with van der Waals surface area (Å²) in [6.45, 7) is 6.62. The lowest BCUT2D eigenvalue weighted by Gasteiger charge is -2.37. The molecule has 1 N–H and O–H groups in total. The molecule has 27 heavy (non-hydrogen) atoms. The standard InChI is InChI=1S/C19H20ClN5OS/c1-19(2)5-7-25(8-6-19)14-9-22-15(10-21-14)27-13-4-3-12-16(17(13)20)18(26)24-11-23-12/h3-4,9-11H,5-8H2,1-2H3,(H,23,24,26). The number of fused-ring (bicyclic) bond motifs is 1. The Kier molecular flexibility index (Phi) is 4.82. The van der Waals surface area contributed by atoms with E-state index in [9.17, 15) is 4.79 Å². The van der Waals surface area contributed by atoms with Gasteiger partial charge < -0.3 is 9.88 Å². The third kappa shape index (κ3) is 3.80. The fourth-order valence-electron chi connectivity index (χ4n) is 3.16. The van der Waals surface area contributed by atoms with Gasteiger partial charge in [0.25, 0.3) is 5.56 Å². The van der Waals surface area contributed by atoms with Crippen LogP contribution >= 0.6 is 23.4 Å². The Hall–Kier alpha value is -2.12. The molecule has 0 radical (unpaired) electrons. The number of piperidine rings is 1. The first kappa shape index (κ1) is 18.3. The van der Waals surface area contributed by atoms with Gasteiger partial charge >= 0.3 is 0 Å². The van der Waals surface area contributed by atoms with Crippen molar-refractivity contribution < 1.29 is 0 Å². The molecule has 6 nitrogen and oxygen atoms in total. The number of rotatable bonds is 3. The molecular weight excluding hydrogens is 382 g/mol. The van der Waals surface area contributed by atoms with E-state index in [1.807, 2.05) is 12.3 Å². The summed E-state index contributed by atoms with van der Waals surface area (Å²) in [5.41, 5.74) is 0.726. The van der Waals surface area contributed by atoms with Gasteiger partial charge in [0.05, 0.1) is 34.6 Å². The molecule has 1 aromatic carbocycles. The highest BCUT2D eigenvalue weighted by Gasteiger charge is 2.26. The van der Waals surface area contributed by atoms with Gasteiger partial charge in [0.1, 0.15) is 10.8 Å². The Bertz CT molecular complexity index is 1020. The summed E-state index contributed by atoms with van der Waals surface area (Å²) in [5.74, 6) is 0.903. The van der Waals surface area contributed by atoms with Crippen LogP contribution in [0.25, 0.3) is 10.9 Å². The largest absolute Gasteiger partial charge is 0.355 e. The van der Waals surface area contributed by atoms with Crippen molar-refractivity contribution in [3.63, 3.8) is 0 Å². The molecule has 1 fully saturated rings. The minimum absolute atomic E-state index is 0.248. The number of benzene rings is 1. The summed E-state index contributed by atoms with van der Waals surface area (Å²) in [6, 6.07) is 3.64. The zero-order chi connectivity index (χ0) is 19.0. The second kappa shape index (κ2) is 7.13. The van der Waals surface area contributed by atoms with E-state index in [2.05, 4.69) is 38.7 Å². The molecule has 0 atom stereocenters. The van der Waals surface area contributed by atoms with Gasteiger partial charge in [-0.05, 0) is 30.4 Å². The summed E-state index contributed by atoms with van der Waals surface area (Å²) in [4.78, 5) is 30.9. The zero-order valence-electron chi connectivity index (χ0n) is 15.2. The minimum atomic E-state index is -0.248. The van der Waals surface area contributed by atoms with Gasteiger partial charge in [-0.2, -0.15) is 0 Å². The number of halogens is 1. The highest BCUT2D eigenvalue weighted by molar-refractivity contribution is 7.99. The molecule has 140 valence electrons. The van der Waals surface area contributed by atoms with Crippen LogP contribution in [0, 0.1) is 5.41 Å². The molecule has 1 saturated heterocycles. The molecule has 3 heterocycles. The molecule has 4 rings (SSSR count). The van der Waals surface area contributed by atoms with Crippen LogP contribution in [0.2, 0.25) is 5.02 Å². The van der Waals surface area contributed by atoms with Crippen LogP contribution in [0.3, 0.4) is 0 Å². The van der Waals surface area contributed by atoms with Crippen molar-refractivity contribution >= 4 is 40.1 Å². The van der Waals surface area contributed by atoms with Gasteiger partial charge in [-0.1, -0.05) is 37.2 Å². The second-order valence-electron chi connectivity index (χ2n) is 7.47. The van der Waals surface area contributed by atoms with E-state index in [1.54, 1.807) is 12.3 Å². The second-order valence-corrected chi connectivity index (χ2v) is 8.91. The number of H-pyrrole nitrogens is 1. The van der Waals surface area contributed by atoms with E-state index < -0.39 is 0 Å². The van der Waals surface area contributed by atoms with Crippen LogP contribution in [-0.4, -0.2) is 33.0 Å². The van der Waals surface area contributed by atoms with Crippen molar-refractivity contribution in [1.29, 1.82) is 0 Å². The summed E-state index contributed by atoms with van der Waals surface area (Å²) in [7, 11) is 0.